The summed E-state index contributed by atoms with van der Waals surface area (Å²) in [6, 6.07) is 8.82. The van der Waals surface area contributed by atoms with Crippen LogP contribution in [0.4, 0.5) is 5.69 Å². The van der Waals surface area contributed by atoms with E-state index in [2.05, 4.69) is 36.1 Å². The van der Waals surface area contributed by atoms with Crippen LogP contribution in [0.15, 0.2) is 29.2 Å². The number of thioether (sulfide) groups is 1. The average Bonchev–Trinajstić information content (AvgIpc) is 2.35. The van der Waals surface area contributed by atoms with E-state index in [0.29, 0.717) is 0 Å². The van der Waals surface area contributed by atoms with E-state index >= 15 is 0 Å². The maximum absolute atomic E-state index is 2.56. The van der Waals surface area contributed by atoms with Crippen molar-refractivity contribution < 1.29 is 0 Å². The number of para-hydroxylation sites is 1. The molecule has 0 aromatic heterocycles. The predicted octanol–water partition coefficient (Wildman–Crippen LogP) is 4.18. The minimum absolute atomic E-state index is 1.22. The maximum Gasteiger partial charge on any atom is 0.0504 e. The molecule has 0 fully saturated rings. The van der Waals surface area contributed by atoms with Gasteiger partial charge in [0.1, 0.15) is 0 Å². The van der Waals surface area contributed by atoms with E-state index in [9.17, 15) is 0 Å². The first-order chi connectivity index (χ1) is 7.92. The Kier molecular flexibility index (Phi) is 4.58. The molecule has 1 aliphatic rings. The summed E-state index contributed by atoms with van der Waals surface area (Å²) in [5.41, 5.74) is 1.45. The summed E-state index contributed by atoms with van der Waals surface area (Å²) in [6.45, 7) is 4.72. The van der Waals surface area contributed by atoms with Crippen LogP contribution in [0, 0.1) is 0 Å². The van der Waals surface area contributed by atoms with Crippen LogP contribution in [0.3, 0.4) is 0 Å². The fraction of sp³-hybridized carbons (Fsp3) is 0.571. The molecule has 1 nitrogen and oxygen atoms in total. The van der Waals surface area contributed by atoms with Gasteiger partial charge in [0.25, 0.3) is 0 Å². The third-order valence-corrected chi connectivity index (χ3v) is 4.15. The fourth-order valence-corrected chi connectivity index (χ4v) is 3.24. The molecule has 1 heterocycles. The summed E-state index contributed by atoms with van der Waals surface area (Å²) in [7, 11) is 0. The van der Waals surface area contributed by atoms with Crippen molar-refractivity contribution in [3.05, 3.63) is 24.3 Å². The first kappa shape index (κ1) is 11.8. The normalized spacial score (nSPS) is 14.9. The van der Waals surface area contributed by atoms with E-state index in [1.807, 2.05) is 11.8 Å². The lowest BCUT2D eigenvalue weighted by molar-refractivity contribution is 0.647. The molecule has 0 bridgehead atoms. The Balaban J connectivity index is 1.91. The van der Waals surface area contributed by atoms with E-state index in [1.165, 1.54) is 55.1 Å². The standard InChI is InChI=1S/C14H21NS/c1-2-3-4-7-10-15-11-12-16-14-9-6-5-8-13(14)15/h5-6,8-9H,2-4,7,10-12H2,1H3. The molecule has 0 spiro atoms. The van der Waals surface area contributed by atoms with Crippen molar-refractivity contribution in [3.63, 3.8) is 0 Å². The van der Waals surface area contributed by atoms with Crippen LogP contribution in [0.5, 0.6) is 0 Å². The number of rotatable bonds is 5. The molecule has 0 saturated heterocycles. The van der Waals surface area contributed by atoms with E-state index in [1.54, 1.807) is 0 Å². The zero-order chi connectivity index (χ0) is 11.2. The number of nitrogens with zero attached hydrogens (tertiary/aromatic N) is 1. The summed E-state index contributed by atoms with van der Waals surface area (Å²) >= 11 is 1.99. The van der Waals surface area contributed by atoms with Crippen LogP contribution >= 0.6 is 11.8 Å². The second kappa shape index (κ2) is 6.19. The highest BCUT2D eigenvalue weighted by molar-refractivity contribution is 7.99. The van der Waals surface area contributed by atoms with Gasteiger partial charge in [-0.15, -0.1) is 11.8 Å². The van der Waals surface area contributed by atoms with Crippen LogP contribution in [0.25, 0.3) is 0 Å². The van der Waals surface area contributed by atoms with Gasteiger partial charge in [-0.3, -0.25) is 0 Å². The molecule has 0 unspecified atom stereocenters. The summed E-state index contributed by atoms with van der Waals surface area (Å²) in [5.74, 6) is 1.24. The highest BCUT2D eigenvalue weighted by Gasteiger charge is 2.15. The predicted molar refractivity (Wildman–Crippen MR) is 73.5 cm³/mol. The van der Waals surface area contributed by atoms with Gasteiger partial charge in [0.05, 0.1) is 5.69 Å². The number of unbranched alkanes of at least 4 members (excludes halogenated alkanes) is 3. The quantitative estimate of drug-likeness (QED) is 0.704. The van der Waals surface area contributed by atoms with Gasteiger partial charge in [-0.2, -0.15) is 0 Å². The molecule has 0 amide bonds. The Morgan fingerprint density at radius 1 is 1.19 bits per heavy atom. The third-order valence-electron chi connectivity index (χ3n) is 3.11. The van der Waals surface area contributed by atoms with Crippen LogP contribution in [-0.4, -0.2) is 18.8 Å². The van der Waals surface area contributed by atoms with Gasteiger partial charge in [-0.1, -0.05) is 38.3 Å². The van der Waals surface area contributed by atoms with Crippen molar-refractivity contribution in [2.45, 2.75) is 37.5 Å². The van der Waals surface area contributed by atoms with Crippen molar-refractivity contribution in [1.29, 1.82) is 0 Å². The minimum Gasteiger partial charge on any atom is -0.370 e. The van der Waals surface area contributed by atoms with E-state index < -0.39 is 0 Å². The van der Waals surface area contributed by atoms with Gasteiger partial charge < -0.3 is 4.90 Å². The zero-order valence-corrected chi connectivity index (χ0v) is 10.9. The molecule has 2 rings (SSSR count). The lowest BCUT2D eigenvalue weighted by atomic mass is 10.2. The Hall–Kier alpha value is -0.630. The topological polar surface area (TPSA) is 3.24 Å². The Morgan fingerprint density at radius 3 is 2.94 bits per heavy atom. The second-order valence-electron chi connectivity index (χ2n) is 4.36. The smallest absolute Gasteiger partial charge is 0.0504 e. The van der Waals surface area contributed by atoms with Gasteiger partial charge in [0.15, 0.2) is 0 Å². The maximum atomic E-state index is 2.56. The molecule has 0 aliphatic carbocycles. The highest BCUT2D eigenvalue weighted by atomic mass is 32.2. The lowest BCUT2D eigenvalue weighted by Crippen LogP contribution is -2.30. The Bertz CT molecular complexity index is 324. The lowest BCUT2D eigenvalue weighted by Gasteiger charge is -2.30. The molecular weight excluding hydrogens is 214 g/mol. The first-order valence-electron chi connectivity index (χ1n) is 6.38. The molecule has 0 atom stereocenters. The van der Waals surface area contributed by atoms with Gasteiger partial charge in [-0.25, -0.2) is 0 Å². The number of benzene rings is 1. The molecule has 0 N–H and O–H groups in total. The summed E-state index contributed by atoms with van der Waals surface area (Å²) in [4.78, 5) is 4.02. The van der Waals surface area contributed by atoms with Gasteiger partial charge in [0.2, 0.25) is 0 Å². The highest BCUT2D eigenvalue weighted by Crippen LogP contribution is 2.34. The molecular formula is C14H21NS. The number of hydrogen-bond acceptors (Lipinski definition) is 2. The molecule has 88 valence electrons. The monoisotopic (exact) mass is 235 g/mol. The SMILES string of the molecule is CCCCCCN1CCSc2ccccc21. The van der Waals surface area contributed by atoms with Crippen molar-refractivity contribution in [3.8, 4) is 0 Å². The number of hydrogen-bond donors (Lipinski definition) is 0. The molecule has 0 saturated carbocycles. The van der Waals surface area contributed by atoms with Crippen molar-refractivity contribution in [2.24, 2.45) is 0 Å². The number of anilines is 1. The van der Waals surface area contributed by atoms with Crippen LogP contribution in [0.2, 0.25) is 0 Å². The van der Waals surface area contributed by atoms with Crippen LogP contribution in [-0.2, 0) is 0 Å². The van der Waals surface area contributed by atoms with Crippen LogP contribution < -0.4 is 4.90 Å². The second-order valence-corrected chi connectivity index (χ2v) is 5.50. The zero-order valence-electron chi connectivity index (χ0n) is 10.1. The van der Waals surface area contributed by atoms with E-state index in [0.717, 1.165) is 0 Å². The average molecular weight is 235 g/mol. The minimum atomic E-state index is 1.22. The van der Waals surface area contributed by atoms with Gasteiger partial charge in [-0.05, 0) is 18.6 Å². The Labute approximate surface area is 103 Å². The van der Waals surface area contributed by atoms with Gasteiger partial charge in [0, 0.05) is 23.7 Å². The summed E-state index contributed by atoms with van der Waals surface area (Å²) in [5, 5.41) is 0. The molecule has 1 aliphatic heterocycles. The van der Waals surface area contributed by atoms with Crippen LogP contribution in [0.1, 0.15) is 32.6 Å². The molecule has 2 heteroatoms. The molecule has 0 radical (unpaired) electrons. The fourth-order valence-electron chi connectivity index (χ4n) is 2.19. The first-order valence-corrected chi connectivity index (χ1v) is 7.37. The van der Waals surface area contributed by atoms with Crippen molar-refractivity contribution in [1.82, 2.24) is 0 Å². The summed E-state index contributed by atoms with van der Waals surface area (Å²) < 4.78 is 0. The van der Waals surface area contributed by atoms with Crippen molar-refractivity contribution in [2.75, 3.05) is 23.7 Å². The Morgan fingerprint density at radius 2 is 2.06 bits per heavy atom. The number of fused-ring (bicyclic) bond motifs is 1. The molecule has 1 aromatic rings. The van der Waals surface area contributed by atoms with Gasteiger partial charge >= 0.3 is 0 Å². The molecule has 1 aromatic carbocycles. The van der Waals surface area contributed by atoms with E-state index in [-0.39, 0.29) is 0 Å². The third kappa shape index (κ3) is 2.94. The van der Waals surface area contributed by atoms with Crippen molar-refractivity contribution >= 4 is 17.4 Å². The van der Waals surface area contributed by atoms with E-state index in [4.69, 9.17) is 0 Å². The molecule has 16 heavy (non-hydrogen) atoms. The largest absolute Gasteiger partial charge is 0.370 e. The summed E-state index contributed by atoms with van der Waals surface area (Å²) in [6.07, 6.45) is 5.42.